The largest absolute Gasteiger partial charge is 0.444 e. The van der Waals surface area contributed by atoms with Crippen molar-refractivity contribution >= 4 is 6.09 Å². The van der Waals surface area contributed by atoms with E-state index in [1.807, 2.05) is 0 Å². The molecule has 1 atom stereocenters. The average molecular weight is 264 g/mol. The fourth-order valence-electron chi connectivity index (χ4n) is 1.86. The van der Waals surface area contributed by atoms with E-state index in [2.05, 4.69) is 5.32 Å². The highest BCUT2D eigenvalue weighted by atomic mass is 19.3. The molecule has 1 amide bonds. The van der Waals surface area contributed by atoms with Crippen molar-refractivity contribution in [2.45, 2.75) is 51.7 Å². The van der Waals surface area contributed by atoms with E-state index in [1.54, 1.807) is 20.8 Å². The maximum atomic E-state index is 12.4. The van der Waals surface area contributed by atoms with Gasteiger partial charge in [-0.05, 0) is 33.7 Å². The van der Waals surface area contributed by atoms with Crippen LogP contribution < -0.4 is 5.32 Å². The van der Waals surface area contributed by atoms with Crippen molar-refractivity contribution in [3.05, 3.63) is 0 Å². The normalized spacial score (nSPS) is 21.9. The first-order valence-electron chi connectivity index (χ1n) is 6.27. The predicted octanol–water partition coefficient (Wildman–Crippen LogP) is 2.24. The predicted molar refractivity (Wildman–Crippen MR) is 64.8 cm³/mol. The van der Waals surface area contributed by atoms with Crippen LogP contribution in [0.2, 0.25) is 0 Å². The smallest absolute Gasteiger partial charge is 0.410 e. The fourth-order valence-corrected chi connectivity index (χ4v) is 1.86. The minimum Gasteiger partial charge on any atom is -0.444 e. The first-order valence-corrected chi connectivity index (χ1v) is 6.27. The molecule has 1 aliphatic rings. The molecule has 0 aromatic rings. The number of carbonyl (C=O) groups excluding carboxylic acids is 1. The van der Waals surface area contributed by atoms with Crippen molar-refractivity contribution in [2.24, 2.45) is 0 Å². The first-order chi connectivity index (χ1) is 8.28. The van der Waals surface area contributed by atoms with Crippen LogP contribution in [-0.2, 0) is 4.74 Å². The van der Waals surface area contributed by atoms with Crippen LogP contribution in [0.25, 0.3) is 0 Å². The molecule has 1 fully saturated rings. The number of ether oxygens (including phenoxy) is 1. The van der Waals surface area contributed by atoms with Gasteiger partial charge in [0.25, 0.3) is 0 Å². The molecule has 0 aromatic carbocycles. The van der Waals surface area contributed by atoms with Crippen molar-refractivity contribution in [2.75, 3.05) is 19.6 Å². The molecule has 0 spiro atoms. The van der Waals surface area contributed by atoms with Crippen molar-refractivity contribution in [1.29, 1.82) is 0 Å². The molecule has 1 rings (SSSR count). The molecule has 0 radical (unpaired) electrons. The standard InChI is InChI=1S/C12H22F2N2O2/c1-12(2,3)18-11(17)16-6-4-5-15-9(8-16)7-10(13)14/h9-10,15H,4-8H2,1-3H3. The summed E-state index contributed by atoms with van der Waals surface area (Å²) in [7, 11) is 0. The molecule has 1 unspecified atom stereocenters. The Hall–Kier alpha value is -0.910. The van der Waals surface area contributed by atoms with Gasteiger partial charge in [0, 0.05) is 25.6 Å². The fraction of sp³-hybridized carbons (Fsp3) is 0.917. The molecule has 0 aromatic heterocycles. The zero-order chi connectivity index (χ0) is 13.8. The van der Waals surface area contributed by atoms with E-state index < -0.39 is 18.1 Å². The van der Waals surface area contributed by atoms with Gasteiger partial charge in [-0.25, -0.2) is 13.6 Å². The quantitative estimate of drug-likeness (QED) is 0.831. The number of alkyl halides is 2. The van der Waals surface area contributed by atoms with Crippen LogP contribution in [0.1, 0.15) is 33.6 Å². The van der Waals surface area contributed by atoms with Gasteiger partial charge in [0.1, 0.15) is 5.60 Å². The number of amides is 1. The summed E-state index contributed by atoms with van der Waals surface area (Å²) in [5, 5.41) is 3.03. The van der Waals surface area contributed by atoms with Crippen molar-refractivity contribution < 1.29 is 18.3 Å². The highest BCUT2D eigenvalue weighted by Crippen LogP contribution is 2.14. The molecule has 18 heavy (non-hydrogen) atoms. The topological polar surface area (TPSA) is 41.6 Å². The number of halogens is 2. The van der Waals surface area contributed by atoms with Gasteiger partial charge in [-0.15, -0.1) is 0 Å². The lowest BCUT2D eigenvalue weighted by Gasteiger charge is -2.28. The van der Waals surface area contributed by atoms with Gasteiger partial charge in [-0.3, -0.25) is 0 Å². The van der Waals surface area contributed by atoms with E-state index in [-0.39, 0.29) is 19.0 Å². The van der Waals surface area contributed by atoms with Crippen molar-refractivity contribution in [1.82, 2.24) is 10.2 Å². The highest BCUT2D eigenvalue weighted by molar-refractivity contribution is 5.68. The molecule has 106 valence electrons. The van der Waals surface area contributed by atoms with Gasteiger partial charge in [-0.2, -0.15) is 0 Å². The summed E-state index contributed by atoms with van der Waals surface area (Å²) in [6.45, 7) is 6.84. The summed E-state index contributed by atoms with van der Waals surface area (Å²) < 4.78 is 30.0. The van der Waals surface area contributed by atoms with E-state index in [4.69, 9.17) is 4.74 Å². The number of nitrogens with zero attached hydrogens (tertiary/aromatic N) is 1. The maximum absolute atomic E-state index is 12.4. The van der Waals surface area contributed by atoms with E-state index in [0.29, 0.717) is 13.1 Å². The van der Waals surface area contributed by atoms with Crippen LogP contribution in [0.5, 0.6) is 0 Å². The number of nitrogens with one attached hydrogen (secondary N) is 1. The Bertz CT molecular complexity index is 280. The van der Waals surface area contributed by atoms with Gasteiger partial charge in [0.15, 0.2) is 0 Å². The molecular formula is C12H22F2N2O2. The molecule has 0 aliphatic carbocycles. The Labute approximate surface area is 107 Å². The second kappa shape index (κ2) is 6.31. The minimum absolute atomic E-state index is 0.237. The SMILES string of the molecule is CC(C)(C)OC(=O)N1CCCNC(CC(F)F)C1. The number of hydrogen-bond donors (Lipinski definition) is 1. The van der Waals surface area contributed by atoms with Crippen LogP contribution in [0, 0.1) is 0 Å². The Kier molecular flexibility index (Phi) is 5.31. The lowest BCUT2D eigenvalue weighted by Crippen LogP contribution is -2.43. The number of hydrogen-bond acceptors (Lipinski definition) is 3. The average Bonchev–Trinajstić information content (AvgIpc) is 2.39. The number of carbonyl (C=O) groups is 1. The Morgan fingerprint density at radius 3 is 2.72 bits per heavy atom. The minimum atomic E-state index is -2.36. The second-order valence-corrected chi connectivity index (χ2v) is 5.56. The van der Waals surface area contributed by atoms with Crippen molar-refractivity contribution in [3.63, 3.8) is 0 Å². The summed E-state index contributed by atoms with van der Waals surface area (Å²) >= 11 is 0. The third-order valence-corrected chi connectivity index (χ3v) is 2.59. The van der Waals surface area contributed by atoms with Gasteiger partial charge in [0.2, 0.25) is 6.43 Å². The third kappa shape index (κ3) is 5.62. The monoisotopic (exact) mass is 264 g/mol. The van der Waals surface area contributed by atoms with Gasteiger partial charge in [-0.1, -0.05) is 0 Å². The second-order valence-electron chi connectivity index (χ2n) is 5.56. The van der Waals surface area contributed by atoms with Crippen LogP contribution in [0.15, 0.2) is 0 Å². The molecule has 4 nitrogen and oxygen atoms in total. The van der Waals surface area contributed by atoms with E-state index in [0.717, 1.165) is 6.42 Å². The maximum Gasteiger partial charge on any atom is 0.410 e. The van der Waals surface area contributed by atoms with Gasteiger partial charge >= 0.3 is 6.09 Å². The molecule has 1 N–H and O–H groups in total. The summed E-state index contributed by atoms with van der Waals surface area (Å²) in [4.78, 5) is 13.4. The summed E-state index contributed by atoms with van der Waals surface area (Å²) in [5.41, 5.74) is -0.560. The van der Waals surface area contributed by atoms with Crippen LogP contribution in [0.3, 0.4) is 0 Å². The molecular weight excluding hydrogens is 242 g/mol. The Morgan fingerprint density at radius 1 is 1.50 bits per heavy atom. The van der Waals surface area contributed by atoms with Crippen LogP contribution in [0.4, 0.5) is 13.6 Å². The van der Waals surface area contributed by atoms with E-state index in [9.17, 15) is 13.6 Å². The molecule has 0 saturated carbocycles. The van der Waals surface area contributed by atoms with Crippen LogP contribution in [-0.4, -0.2) is 48.7 Å². The van der Waals surface area contributed by atoms with Gasteiger partial charge < -0.3 is 15.0 Å². The zero-order valence-corrected chi connectivity index (χ0v) is 11.2. The summed E-state index contributed by atoms with van der Waals surface area (Å²) in [6.07, 6.45) is -2.27. The third-order valence-electron chi connectivity index (χ3n) is 2.59. The molecule has 1 aliphatic heterocycles. The lowest BCUT2D eigenvalue weighted by molar-refractivity contribution is 0.0229. The van der Waals surface area contributed by atoms with Crippen LogP contribution >= 0.6 is 0 Å². The van der Waals surface area contributed by atoms with Crippen molar-refractivity contribution in [3.8, 4) is 0 Å². The Balaban J connectivity index is 2.55. The highest BCUT2D eigenvalue weighted by Gasteiger charge is 2.27. The lowest BCUT2D eigenvalue weighted by atomic mass is 10.2. The first kappa shape index (κ1) is 15.1. The molecule has 1 saturated heterocycles. The summed E-state index contributed by atoms with van der Waals surface area (Å²) in [5.74, 6) is 0. The molecule has 6 heteroatoms. The summed E-state index contributed by atoms with van der Waals surface area (Å²) in [6, 6.07) is -0.361. The Morgan fingerprint density at radius 2 is 2.17 bits per heavy atom. The van der Waals surface area contributed by atoms with E-state index in [1.165, 1.54) is 4.90 Å². The molecule has 1 heterocycles. The van der Waals surface area contributed by atoms with Gasteiger partial charge in [0.05, 0.1) is 0 Å². The molecule has 0 bridgehead atoms. The number of rotatable bonds is 2. The van der Waals surface area contributed by atoms with E-state index >= 15 is 0 Å². The zero-order valence-electron chi connectivity index (χ0n) is 11.2.